The largest absolute Gasteiger partial charge is 0.487 e. The average Bonchev–Trinajstić information content (AvgIpc) is 2.80. The van der Waals surface area contributed by atoms with E-state index in [9.17, 15) is 9.59 Å². The second-order valence-corrected chi connectivity index (χ2v) is 10.8. The predicted octanol–water partition coefficient (Wildman–Crippen LogP) is 6.77. The van der Waals surface area contributed by atoms with E-state index in [1.807, 2.05) is 37.3 Å². The van der Waals surface area contributed by atoms with Crippen LogP contribution < -0.4 is 9.64 Å². The standard InChI is InChI=1S/C29H34FN3O5/c1-19-22(16-31-17-23(19)36-18-20-11-9-8-10-12-20)15-21-13-14-32-25(24(21)30)33(26(34)37-28(2,3)4)27(35)38-29(5,6)7/h8-14,16-17H,15,18H2,1-7H3. The van der Waals surface area contributed by atoms with Crippen molar-refractivity contribution < 1.29 is 28.2 Å². The Morgan fingerprint density at radius 1 is 0.895 bits per heavy atom. The van der Waals surface area contributed by atoms with Crippen LogP contribution in [0.15, 0.2) is 55.0 Å². The normalized spacial score (nSPS) is 11.6. The number of ether oxygens (including phenoxy) is 3. The lowest BCUT2D eigenvalue weighted by atomic mass is 10.0. The van der Waals surface area contributed by atoms with Crippen LogP contribution in [0.2, 0.25) is 0 Å². The van der Waals surface area contributed by atoms with Crippen LogP contribution in [0.3, 0.4) is 0 Å². The van der Waals surface area contributed by atoms with Crippen molar-refractivity contribution in [2.45, 2.75) is 72.7 Å². The molecule has 202 valence electrons. The zero-order chi connectivity index (χ0) is 28.1. The number of halogens is 1. The minimum atomic E-state index is -1.09. The van der Waals surface area contributed by atoms with Gasteiger partial charge in [0, 0.05) is 18.8 Å². The van der Waals surface area contributed by atoms with Gasteiger partial charge in [0.05, 0.1) is 6.20 Å². The molecule has 2 amide bonds. The van der Waals surface area contributed by atoms with E-state index in [0.29, 0.717) is 22.8 Å². The molecule has 0 atom stereocenters. The molecule has 1 aromatic carbocycles. The van der Waals surface area contributed by atoms with Crippen molar-refractivity contribution in [3.05, 3.63) is 83.1 Å². The van der Waals surface area contributed by atoms with Crippen molar-refractivity contribution in [3.8, 4) is 5.75 Å². The van der Waals surface area contributed by atoms with Gasteiger partial charge in [-0.3, -0.25) is 4.98 Å². The summed E-state index contributed by atoms with van der Waals surface area (Å²) in [5.74, 6) is -0.780. The summed E-state index contributed by atoms with van der Waals surface area (Å²) < 4.78 is 32.5. The van der Waals surface area contributed by atoms with Crippen molar-refractivity contribution in [1.29, 1.82) is 0 Å². The monoisotopic (exact) mass is 523 g/mol. The summed E-state index contributed by atoms with van der Waals surface area (Å²) in [6.07, 6.45) is 2.51. The molecular weight excluding hydrogens is 489 g/mol. The molecule has 0 spiro atoms. The molecule has 3 aromatic rings. The maximum atomic E-state index is 15.8. The molecule has 38 heavy (non-hydrogen) atoms. The highest BCUT2D eigenvalue weighted by Crippen LogP contribution is 2.28. The minimum Gasteiger partial charge on any atom is -0.487 e. The molecule has 0 aliphatic heterocycles. The molecule has 9 heteroatoms. The van der Waals surface area contributed by atoms with E-state index in [2.05, 4.69) is 9.97 Å². The van der Waals surface area contributed by atoms with Gasteiger partial charge in [0.15, 0.2) is 11.6 Å². The van der Waals surface area contributed by atoms with E-state index < -0.39 is 35.0 Å². The van der Waals surface area contributed by atoms with Crippen LogP contribution in [-0.2, 0) is 22.5 Å². The summed E-state index contributed by atoms with van der Waals surface area (Å²) in [5, 5.41) is 0. The fraction of sp³-hybridized carbons (Fsp3) is 0.379. The van der Waals surface area contributed by atoms with Crippen LogP contribution in [0.25, 0.3) is 0 Å². The van der Waals surface area contributed by atoms with Crippen molar-refractivity contribution in [2.75, 3.05) is 4.90 Å². The summed E-state index contributed by atoms with van der Waals surface area (Å²) in [6, 6.07) is 11.2. The van der Waals surface area contributed by atoms with Gasteiger partial charge in [-0.2, -0.15) is 4.90 Å². The zero-order valence-electron chi connectivity index (χ0n) is 22.9. The van der Waals surface area contributed by atoms with Gasteiger partial charge in [-0.05, 0) is 76.8 Å². The Morgan fingerprint density at radius 2 is 1.50 bits per heavy atom. The molecule has 3 rings (SSSR count). The molecule has 0 N–H and O–H groups in total. The van der Waals surface area contributed by atoms with E-state index in [-0.39, 0.29) is 12.0 Å². The first-order valence-corrected chi connectivity index (χ1v) is 12.2. The fourth-order valence-corrected chi connectivity index (χ4v) is 3.44. The van der Waals surface area contributed by atoms with Crippen molar-refractivity contribution >= 4 is 18.0 Å². The highest BCUT2D eigenvalue weighted by Gasteiger charge is 2.36. The Morgan fingerprint density at radius 3 is 2.08 bits per heavy atom. The Bertz CT molecular complexity index is 1260. The number of rotatable bonds is 6. The molecule has 0 radical (unpaired) electrons. The smallest absolute Gasteiger partial charge is 0.425 e. The number of hydrogen-bond acceptors (Lipinski definition) is 7. The molecular formula is C29H34FN3O5. The predicted molar refractivity (Wildman–Crippen MR) is 142 cm³/mol. The Hall–Kier alpha value is -4.01. The molecule has 0 saturated heterocycles. The molecule has 0 fully saturated rings. The Labute approximate surface area is 222 Å². The van der Waals surface area contributed by atoms with E-state index in [0.717, 1.165) is 11.1 Å². The van der Waals surface area contributed by atoms with Crippen molar-refractivity contribution in [3.63, 3.8) is 0 Å². The van der Waals surface area contributed by atoms with Gasteiger partial charge >= 0.3 is 12.2 Å². The first-order valence-electron chi connectivity index (χ1n) is 12.2. The van der Waals surface area contributed by atoms with Crippen LogP contribution in [-0.4, -0.2) is 33.4 Å². The third-order valence-corrected chi connectivity index (χ3v) is 5.21. The van der Waals surface area contributed by atoms with E-state index in [1.54, 1.807) is 53.9 Å². The third-order valence-electron chi connectivity index (χ3n) is 5.21. The van der Waals surface area contributed by atoms with E-state index in [1.165, 1.54) is 12.3 Å². The lowest BCUT2D eigenvalue weighted by Crippen LogP contribution is -2.44. The van der Waals surface area contributed by atoms with Gasteiger partial charge in [-0.25, -0.2) is 19.0 Å². The van der Waals surface area contributed by atoms with E-state index in [4.69, 9.17) is 14.2 Å². The summed E-state index contributed by atoms with van der Waals surface area (Å²) in [4.78, 5) is 34.7. The number of carbonyl (C=O) groups excluding carboxylic acids is 2. The van der Waals surface area contributed by atoms with Gasteiger partial charge < -0.3 is 14.2 Å². The van der Waals surface area contributed by atoms with Gasteiger partial charge in [0.2, 0.25) is 0 Å². The number of imide groups is 1. The summed E-state index contributed by atoms with van der Waals surface area (Å²) in [5.41, 5.74) is 0.851. The van der Waals surface area contributed by atoms with Crippen molar-refractivity contribution in [2.24, 2.45) is 0 Å². The number of aromatic nitrogens is 2. The average molecular weight is 524 g/mol. The number of pyridine rings is 2. The van der Waals surface area contributed by atoms with Crippen LogP contribution in [0.5, 0.6) is 5.75 Å². The quantitative estimate of drug-likeness (QED) is 0.352. The molecule has 0 aliphatic carbocycles. The molecule has 2 heterocycles. The lowest BCUT2D eigenvalue weighted by molar-refractivity contribution is 0.0427. The van der Waals surface area contributed by atoms with Crippen LogP contribution in [0.4, 0.5) is 19.8 Å². The molecule has 2 aromatic heterocycles. The zero-order valence-corrected chi connectivity index (χ0v) is 22.9. The number of anilines is 1. The first kappa shape index (κ1) is 28.6. The number of hydrogen-bond donors (Lipinski definition) is 0. The van der Waals surface area contributed by atoms with Crippen LogP contribution >= 0.6 is 0 Å². The first-order chi connectivity index (χ1) is 17.7. The van der Waals surface area contributed by atoms with E-state index >= 15 is 4.39 Å². The maximum absolute atomic E-state index is 15.8. The lowest BCUT2D eigenvalue weighted by Gasteiger charge is -2.28. The fourth-order valence-electron chi connectivity index (χ4n) is 3.44. The van der Waals surface area contributed by atoms with Crippen LogP contribution in [0.1, 0.15) is 63.8 Å². The summed E-state index contributed by atoms with van der Waals surface area (Å²) >= 11 is 0. The van der Waals surface area contributed by atoms with Crippen LogP contribution in [0, 0.1) is 12.7 Å². The molecule has 0 saturated carbocycles. The Kier molecular flexibility index (Phi) is 8.70. The van der Waals surface area contributed by atoms with Crippen molar-refractivity contribution in [1.82, 2.24) is 9.97 Å². The number of amides is 2. The number of carbonyl (C=O) groups is 2. The minimum absolute atomic E-state index is 0.124. The second kappa shape index (κ2) is 11.6. The molecule has 8 nitrogen and oxygen atoms in total. The topological polar surface area (TPSA) is 90.9 Å². The molecule has 0 unspecified atom stereocenters. The highest BCUT2D eigenvalue weighted by atomic mass is 19.1. The summed E-state index contributed by atoms with van der Waals surface area (Å²) in [6.45, 7) is 12.1. The third kappa shape index (κ3) is 7.74. The number of nitrogens with zero attached hydrogens (tertiary/aromatic N) is 3. The van der Waals surface area contributed by atoms with Gasteiger partial charge in [0.1, 0.15) is 23.6 Å². The van der Waals surface area contributed by atoms with Gasteiger partial charge in [0.25, 0.3) is 0 Å². The molecule has 0 aliphatic rings. The van der Waals surface area contributed by atoms with Gasteiger partial charge in [-0.1, -0.05) is 30.3 Å². The summed E-state index contributed by atoms with van der Waals surface area (Å²) in [7, 11) is 0. The van der Waals surface area contributed by atoms with Gasteiger partial charge in [-0.15, -0.1) is 0 Å². The molecule has 0 bridgehead atoms. The second-order valence-electron chi connectivity index (χ2n) is 10.8. The highest BCUT2D eigenvalue weighted by molar-refractivity contribution is 6.08. The SMILES string of the molecule is Cc1c(Cc2ccnc(N(C(=O)OC(C)(C)C)C(=O)OC(C)(C)C)c2F)cncc1OCc1ccccc1. The Balaban J connectivity index is 1.92. The maximum Gasteiger partial charge on any atom is 0.425 e. The number of benzene rings is 1.